The van der Waals surface area contributed by atoms with Crippen LogP contribution in [-0.2, 0) is 5.33 Å². The maximum Gasteiger partial charge on any atom is 0.0904 e. The number of thiazole rings is 1. The zero-order valence-corrected chi connectivity index (χ0v) is 10.2. The van der Waals surface area contributed by atoms with Crippen molar-refractivity contribution in [2.75, 3.05) is 0 Å². The first-order valence-electron chi connectivity index (χ1n) is 4.39. The normalized spacial score (nSPS) is 10.4. The van der Waals surface area contributed by atoms with Gasteiger partial charge in [-0.1, -0.05) is 46.3 Å². The van der Waals surface area contributed by atoms with E-state index in [4.69, 9.17) is 0 Å². The van der Waals surface area contributed by atoms with Crippen molar-refractivity contribution in [3.63, 3.8) is 0 Å². The lowest BCUT2D eigenvalue weighted by Crippen LogP contribution is -1.81. The standard InChI is InChI=1S/C11H10BrNS/c1-8-13-11(10(7-12)14-8)9-5-3-2-4-6-9/h2-6H,7H2,1H3. The van der Waals surface area contributed by atoms with Crippen molar-refractivity contribution < 1.29 is 0 Å². The summed E-state index contributed by atoms with van der Waals surface area (Å²) in [7, 11) is 0. The number of benzene rings is 1. The van der Waals surface area contributed by atoms with Crippen LogP contribution in [0.1, 0.15) is 9.88 Å². The number of aromatic nitrogens is 1. The Labute approximate surface area is 95.9 Å². The lowest BCUT2D eigenvalue weighted by atomic mass is 10.1. The first-order chi connectivity index (χ1) is 6.81. The van der Waals surface area contributed by atoms with E-state index in [1.165, 1.54) is 10.4 Å². The van der Waals surface area contributed by atoms with E-state index in [9.17, 15) is 0 Å². The molecule has 72 valence electrons. The molecular weight excluding hydrogens is 258 g/mol. The second kappa shape index (κ2) is 4.24. The largest absolute Gasteiger partial charge is 0.241 e. The zero-order chi connectivity index (χ0) is 9.97. The van der Waals surface area contributed by atoms with Gasteiger partial charge in [0, 0.05) is 15.8 Å². The Hall–Kier alpha value is -0.670. The third kappa shape index (κ3) is 1.88. The van der Waals surface area contributed by atoms with E-state index >= 15 is 0 Å². The van der Waals surface area contributed by atoms with Gasteiger partial charge in [-0.2, -0.15) is 0 Å². The molecule has 1 aromatic heterocycles. The van der Waals surface area contributed by atoms with E-state index in [1.807, 2.05) is 25.1 Å². The average molecular weight is 268 g/mol. The molecule has 0 bridgehead atoms. The van der Waals surface area contributed by atoms with E-state index in [1.54, 1.807) is 11.3 Å². The molecule has 2 rings (SSSR count). The zero-order valence-electron chi connectivity index (χ0n) is 7.83. The van der Waals surface area contributed by atoms with Gasteiger partial charge in [-0.05, 0) is 6.92 Å². The van der Waals surface area contributed by atoms with Crippen LogP contribution < -0.4 is 0 Å². The molecule has 0 unspecified atom stereocenters. The molecule has 0 N–H and O–H groups in total. The molecule has 0 radical (unpaired) electrons. The highest BCUT2D eigenvalue weighted by molar-refractivity contribution is 9.08. The fraction of sp³-hybridized carbons (Fsp3) is 0.182. The van der Waals surface area contributed by atoms with Crippen molar-refractivity contribution in [2.45, 2.75) is 12.3 Å². The SMILES string of the molecule is Cc1nc(-c2ccccc2)c(CBr)s1. The monoisotopic (exact) mass is 267 g/mol. The Morgan fingerprint density at radius 3 is 2.64 bits per heavy atom. The minimum absolute atomic E-state index is 0.878. The van der Waals surface area contributed by atoms with E-state index in [2.05, 4.69) is 33.0 Å². The molecule has 0 saturated carbocycles. The predicted octanol–water partition coefficient (Wildman–Crippen LogP) is 4.01. The van der Waals surface area contributed by atoms with E-state index in [0.717, 1.165) is 16.0 Å². The van der Waals surface area contributed by atoms with Gasteiger partial charge >= 0.3 is 0 Å². The minimum atomic E-state index is 0.878. The molecule has 14 heavy (non-hydrogen) atoms. The van der Waals surface area contributed by atoms with Crippen LogP contribution in [0.4, 0.5) is 0 Å². The van der Waals surface area contributed by atoms with Gasteiger partial charge in [0.15, 0.2) is 0 Å². The summed E-state index contributed by atoms with van der Waals surface area (Å²) in [6.07, 6.45) is 0. The van der Waals surface area contributed by atoms with Crippen LogP contribution in [0.2, 0.25) is 0 Å². The highest BCUT2D eigenvalue weighted by atomic mass is 79.9. The summed E-state index contributed by atoms with van der Waals surface area (Å²) in [6.45, 7) is 2.04. The van der Waals surface area contributed by atoms with Crippen molar-refractivity contribution in [1.82, 2.24) is 4.98 Å². The van der Waals surface area contributed by atoms with Crippen LogP contribution in [0.5, 0.6) is 0 Å². The Kier molecular flexibility index (Phi) is 2.99. The van der Waals surface area contributed by atoms with E-state index in [-0.39, 0.29) is 0 Å². The first kappa shape index (κ1) is 9.87. The number of hydrogen-bond donors (Lipinski definition) is 0. The maximum atomic E-state index is 4.54. The molecule has 1 heterocycles. The highest BCUT2D eigenvalue weighted by Gasteiger charge is 2.08. The van der Waals surface area contributed by atoms with Crippen molar-refractivity contribution in [3.05, 3.63) is 40.2 Å². The highest BCUT2D eigenvalue weighted by Crippen LogP contribution is 2.29. The molecular formula is C11H10BrNS. The summed E-state index contributed by atoms with van der Waals surface area (Å²) in [5.74, 6) is 0. The van der Waals surface area contributed by atoms with Crippen molar-refractivity contribution >= 4 is 27.3 Å². The summed E-state index contributed by atoms with van der Waals surface area (Å²) in [4.78, 5) is 5.84. The Bertz CT molecular complexity index is 422. The van der Waals surface area contributed by atoms with E-state index < -0.39 is 0 Å². The fourth-order valence-electron chi connectivity index (χ4n) is 1.38. The maximum absolute atomic E-state index is 4.54. The summed E-state index contributed by atoms with van der Waals surface area (Å²) in [5.41, 5.74) is 2.32. The lowest BCUT2D eigenvalue weighted by molar-refractivity contribution is 1.28. The van der Waals surface area contributed by atoms with Gasteiger partial charge in [-0.15, -0.1) is 11.3 Å². The second-order valence-electron chi connectivity index (χ2n) is 3.00. The molecule has 1 aromatic carbocycles. The Morgan fingerprint density at radius 2 is 2.00 bits per heavy atom. The Morgan fingerprint density at radius 1 is 1.29 bits per heavy atom. The summed E-state index contributed by atoms with van der Waals surface area (Å²) in [6, 6.07) is 10.3. The van der Waals surface area contributed by atoms with Crippen LogP contribution in [0.3, 0.4) is 0 Å². The average Bonchev–Trinajstić information content (AvgIpc) is 2.61. The number of alkyl halides is 1. The molecule has 0 aliphatic carbocycles. The molecule has 0 aliphatic heterocycles. The van der Waals surface area contributed by atoms with Gasteiger partial charge in [0.25, 0.3) is 0 Å². The van der Waals surface area contributed by atoms with E-state index in [0.29, 0.717) is 0 Å². The molecule has 2 aromatic rings. The molecule has 1 nitrogen and oxygen atoms in total. The predicted molar refractivity (Wildman–Crippen MR) is 64.9 cm³/mol. The quantitative estimate of drug-likeness (QED) is 0.750. The smallest absolute Gasteiger partial charge is 0.0904 e. The number of hydrogen-bond acceptors (Lipinski definition) is 2. The van der Waals surface area contributed by atoms with Gasteiger partial charge in [-0.3, -0.25) is 0 Å². The van der Waals surface area contributed by atoms with Gasteiger partial charge in [0.2, 0.25) is 0 Å². The first-order valence-corrected chi connectivity index (χ1v) is 6.32. The number of rotatable bonds is 2. The van der Waals surface area contributed by atoms with Gasteiger partial charge in [0.05, 0.1) is 10.7 Å². The lowest BCUT2D eigenvalue weighted by Gasteiger charge is -1.98. The molecule has 3 heteroatoms. The van der Waals surface area contributed by atoms with Crippen molar-refractivity contribution in [1.29, 1.82) is 0 Å². The molecule has 0 fully saturated rings. The van der Waals surface area contributed by atoms with Crippen molar-refractivity contribution in [3.8, 4) is 11.3 Å². The second-order valence-corrected chi connectivity index (χ2v) is 4.85. The molecule has 0 atom stereocenters. The summed E-state index contributed by atoms with van der Waals surface area (Å²) >= 11 is 5.24. The van der Waals surface area contributed by atoms with Crippen molar-refractivity contribution in [2.24, 2.45) is 0 Å². The molecule has 0 amide bonds. The van der Waals surface area contributed by atoms with Crippen LogP contribution in [0.25, 0.3) is 11.3 Å². The number of aryl methyl sites for hydroxylation is 1. The van der Waals surface area contributed by atoms with Crippen LogP contribution in [0.15, 0.2) is 30.3 Å². The van der Waals surface area contributed by atoms with Gasteiger partial charge < -0.3 is 0 Å². The van der Waals surface area contributed by atoms with Crippen LogP contribution in [0, 0.1) is 6.92 Å². The molecule has 0 saturated heterocycles. The molecule has 0 spiro atoms. The Balaban J connectivity index is 2.51. The van der Waals surface area contributed by atoms with Crippen LogP contribution >= 0.6 is 27.3 Å². The van der Waals surface area contributed by atoms with Crippen LogP contribution in [-0.4, -0.2) is 4.98 Å². The minimum Gasteiger partial charge on any atom is -0.241 e. The summed E-state index contributed by atoms with van der Waals surface area (Å²) in [5, 5.41) is 2.00. The fourth-order valence-corrected chi connectivity index (χ4v) is 2.80. The third-order valence-electron chi connectivity index (χ3n) is 1.97. The topological polar surface area (TPSA) is 12.9 Å². The van der Waals surface area contributed by atoms with Gasteiger partial charge in [0.1, 0.15) is 0 Å². The third-order valence-corrected chi connectivity index (χ3v) is 3.88. The molecule has 0 aliphatic rings. The number of halogens is 1. The number of nitrogens with zero attached hydrogens (tertiary/aromatic N) is 1. The summed E-state index contributed by atoms with van der Waals surface area (Å²) < 4.78 is 0. The van der Waals surface area contributed by atoms with Gasteiger partial charge in [-0.25, -0.2) is 4.98 Å².